The molecule has 0 heterocycles. The molecule has 0 radical (unpaired) electrons. The van der Waals surface area contributed by atoms with Crippen LogP contribution in [0.1, 0.15) is 55.0 Å². The first-order valence-corrected chi connectivity index (χ1v) is 7.59. The highest BCUT2D eigenvalue weighted by Gasteiger charge is 2.10. The molecule has 0 aliphatic carbocycles. The lowest BCUT2D eigenvalue weighted by atomic mass is 10.0. The number of hydrogen-bond acceptors (Lipinski definition) is 2. The molecule has 0 saturated carbocycles. The van der Waals surface area contributed by atoms with E-state index in [1.807, 2.05) is 19.1 Å². The van der Waals surface area contributed by atoms with E-state index in [1.54, 1.807) is 6.07 Å². The van der Waals surface area contributed by atoms with Gasteiger partial charge in [-0.2, -0.15) is 0 Å². The molecule has 0 aliphatic rings. The summed E-state index contributed by atoms with van der Waals surface area (Å²) in [6.07, 6.45) is 0. The Morgan fingerprint density at radius 2 is 1.67 bits per heavy atom. The minimum absolute atomic E-state index is 0.120. The summed E-state index contributed by atoms with van der Waals surface area (Å²) in [6.45, 7) is 9.33. The Hall–Kier alpha value is -1.80. The number of aromatic hydroxyl groups is 1. The summed E-state index contributed by atoms with van der Waals surface area (Å²) in [5, 5.41) is 13.4. The van der Waals surface area contributed by atoms with Crippen molar-refractivity contribution in [1.29, 1.82) is 0 Å². The second kappa shape index (κ2) is 6.77. The summed E-state index contributed by atoms with van der Waals surface area (Å²) < 4.78 is 0. The van der Waals surface area contributed by atoms with Crippen LogP contribution in [0.15, 0.2) is 42.5 Å². The molecule has 0 bridgehead atoms. The standard InChI is InChI=1S/C19H25NO/c1-13(2)17-8-6-16(7-9-17)12-20-15(4)18-11-14(3)5-10-19(18)21/h5-11,13,15,20-21H,12H2,1-4H3. The minimum atomic E-state index is 0.120. The van der Waals surface area contributed by atoms with Crippen LogP contribution in [-0.4, -0.2) is 5.11 Å². The van der Waals surface area contributed by atoms with Gasteiger partial charge in [-0.25, -0.2) is 0 Å². The van der Waals surface area contributed by atoms with Crippen LogP contribution >= 0.6 is 0 Å². The van der Waals surface area contributed by atoms with E-state index in [4.69, 9.17) is 0 Å². The molecule has 1 unspecified atom stereocenters. The van der Waals surface area contributed by atoms with Gasteiger partial charge in [-0.1, -0.05) is 55.8 Å². The van der Waals surface area contributed by atoms with Crippen LogP contribution in [0.3, 0.4) is 0 Å². The van der Waals surface area contributed by atoms with Crippen molar-refractivity contribution in [2.24, 2.45) is 0 Å². The van der Waals surface area contributed by atoms with E-state index in [2.05, 4.69) is 50.4 Å². The number of benzene rings is 2. The molecule has 1 atom stereocenters. The number of hydrogen-bond donors (Lipinski definition) is 2. The zero-order valence-corrected chi connectivity index (χ0v) is 13.4. The molecule has 0 amide bonds. The van der Waals surface area contributed by atoms with Gasteiger partial charge in [0.15, 0.2) is 0 Å². The highest BCUT2D eigenvalue weighted by atomic mass is 16.3. The fourth-order valence-corrected chi connectivity index (χ4v) is 2.42. The summed E-state index contributed by atoms with van der Waals surface area (Å²) in [4.78, 5) is 0. The summed E-state index contributed by atoms with van der Waals surface area (Å²) >= 11 is 0. The smallest absolute Gasteiger partial charge is 0.120 e. The number of rotatable bonds is 5. The maximum atomic E-state index is 9.96. The number of nitrogens with one attached hydrogen (secondary N) is 1. The van der Waals surface area contributed by atoms with E-state index in [0.29, 0.717) is 11.7 Å². The summed E-state index contributed by atoms with van der Waals surface area (Å²) in [5.41, 5.74) is 4.74. The molecule has 2 rings (SSSR count). The van der Waals surface area contributed by atoms with Gasteiger partial charge >= 0.3 is 0 Å². The quantitative estimate of drug-likeness (QED) is 0.835. The molecule has 0 spiro atoms. The van der Waals surface area contributed by atoms with Crippen molar-refractivity contribution in [3.63, 3.8) is 0 Å². The molecule has 2 aromatic rings. The number of phenols is 1. The van der Waals surface area contributed by atoms with Crippen molar-refractivity contribution in [1.82, 2.24) is 5.32 Å². The second-order valence-electron chi connectivity index (χ2n) is 6.06. The van der Waals surface area contributed by atoms with Crippen LogP contribution in [-0.2, 0) is 6.54 Å². The van der Waals surface area contributed by atoms with Crippen molar-refractivity contribution in [3.8, 4) is 5.75 Å². The van der Waals surface area contributed by atoms with Crippen LogP contribution in [0.2, 0.25) is 0 Å². The van der Waals surface area contributed by atoms with Crippen LogP contribution in [0.25, 0.3) is 0 Å². The lowest BCUT2D eigenvalue weighted by Crippen LogP contribution is -2.18. The van der Waals surface area contributed by atoms with Gasteiger partial charge in [0, 0.05) is 18.2 Å². The molecular weight excluding hydrogens is 258 g/mol. The van der Waals surface area contributed by atoms with Gasteiger partial charge in [0.1, 0.15) is 5.75 Å². The molecule has 0 aromatic heterocycles. The summed E-state index contributed by atoms with van der Waals surface area (Å²) in [6, 6.07) is 14.6. The molecule has 112 valence electrons. The maximum Gasteiger partial charge on any atom is 0.120 e. The van der Waals surface area contributed by atoms with Gasteiger partial charge in [0.05, 0.1) is 0 Å². The summed E-state index contributed by atoms with van der Waals surface area (Å²) in [5.74, 6) is 0.922. The van der Waals surface area contributed by atoms with E-state index >= 15 is 0 Å². The maximum absolute atomic E-state index is 9.96. The van der Waals surface area contributed by atoms with Crippen LogP contribution in [0.5, 0.6) is 5.75 Å². The third kappa shape index (κ3) is 4.08. The van der Waals surface area contributed by atoms with E-state index in [9.17, 15) is 5.11 Å². The molecule has 0 saturated heterocycles. The fraction of sp³-hybridized carbons (Fsp3) is 0.368. The zero-order chi connectivity index (χ0) is 15.4. The Morgan fingerprint density at radius 1 is 1.00 bits per heavy atom. The largest absolute Gasteiger partial charge is 0.508 e. The first-order valence-electron chi connectivity index (χ1n) is 7.59. The second-order valence-corrected chi connectivity index (χ2v) is 6.06. The van der Waals surface area contributed by atoms with Gasteiger partial charge in [-0.15, -0.1) is 0 Å². The summed E-state index contributed by atoms with van der Waals surface area (Å²) in [7, 11) is 0. The highest BCUT2D eigenvalue weighted by molar-refractivity contribution is 5.37. The molecule has 2 N–H and O–H groups in total. The Bertz CT molecular complexity index is 587. The average Bonchev–Trinajstić information content (AvgIpc) is 2.47. The minimum Gasteiger partial charge on any atom is -0.508 e. The normalized spacial score (nSPS) is 12.6. The van der Waals surface area contributed by atoms with Gasteiger partial charge in [-0.05, 0) is 37.0 Å². The number of phenolic OH excluding ortho intramolecular Hbond substituents is 1. The Morgan fingerprint density at radius 3 is 2.29 bits per heavy atom. The van der Waals surface area contributed by atoms with Gasteiger partial charge in [0.2, 0.25) is 0 Å². The molecule has 0 fully saturated rings. The van der Waals surface area contributed by atoms with Crippen molar-refractivity contribution >= 4 is 0 Å². The Kier molecular flexibility index (Phi) is 5.03. The topological polar surface area (TPSA) is 32.3 Å². The SMILES string of the molecule is Cc1ccc(O)c(C(C)NCc2ccc(C(C)C)cc2)c1. The van der Waals surface area contributed by atoms with Gasteiger partial charge in [0.25, 0.3) is 0 Å². The third-order valence-electron chi connectivity index (χ3n) is 3.91. The average molecular weight is 283 g/mol. The van der Waals surface area contributed by atoms with E-state index < -0.39 is 0 Å². The molecule has 0 aliphatic heterocycles. The fourth-order valence-electron chi connectivity index (χ4n) is 2.42. The molecule has 2 nitrogen and oxygen atoms in total. The van der Waals surface area contributed by atoms with Crippen LogP contribution < -0.4 is 5.32 Å². The van der Waals surface area contributed by atoms with Crippen LogP contribution in [0.4, 0.5) is 0 Å². The van der Waals surface area contributed by atoms with Gasteiger partial charge < -0.3 is 10.4 Å². The van der Waals surface area contributed by atoms with Crippen molar-refractivity contribution < 1.29 is 5.11 Å². The van der Waals surface area contributed by atoms with Crippen molar-refractivity contribution in [2.45, 2.75) is 46.2 Å². The zero-order valence-electron chi connectivity index (χ0n) is 13.4. The van der Waals surface area contributed by atoms with E-state index in [1.165, 1.54) is 11.1 Å². The molecule has 21 heavy (non-hydrogen) atoms. The first-order chi connectivity index (χ1) is 9.97. The predicted octanol–water partition coefficient (Wildman–Crippen LogP) is 4.67. The first kappa shape index (κ1) is 15.6. The lowest BCUT2D eigenvalue weighted by molar-refractivity contribution is 0.452. The lowest BCUT2D eigenvalue weighted by Gasteiger charge is -2.16. The van der Waals surface area contributed by atoms with E-state index in [-0.39, 0.29) is 6.04 Å². The van der Waals surface area contributed by atoms with Crippen molar-refractivity contribution in [3.05, 3.63) is 64.7 Å². The highest BCUT2D eigenvalue weighted by Crippen LogP contribution is 2.25. The third-order valence-corrected chi connectivity index (χ3v) is 3.91. The monoisotopic (exact) mass is 283 g/mol. The van der Waals surface area contributed by atoms with E-state index in [0.717, 1.165) is 17.7 Å². The Labute approximate surface area is 127 Å². The van der Waals surface area contributed by atoms with Crippen LogP contribution in [0, 0.1) is 6.92 Å². The Balaban J connectivity index is 2.00. The molecule has 2 aromatic carbocycles. The molecular formula is C19H25NO. The predicted molar refractivity (Wildman–Crippen MR) is 88.6 cm³/mol. The van der Waals surface area contributed by atoms with Gasteiger partial charge in [-0.3, -0.25) is 0 Å². The molecule has 2 heteroatoms. The number of aryl methyl sites for hydroxylation is 1. The van der Waals surface area contributed by atoms with Crippen molar-refractivity contribution in [2.75, 3.05) is 0 Å².